The summed E-state index contributed by atoms with van der Waals surface area (Å²) in [5.74, 6) is -13.7. The highest BCUT2D eigenvalue weighted by Crippen LogP contribution is 2.01. The van der Waals surface area contributed by atoms with E-state index >= 15 is 0 Å². The van der Waals surface area contributed by atoms with Gasteiger partial charge in [-0.15, -0.1) is 0 Å². The molecule has 35 heteroatoms. The highest BCUT2D eigenvalue weighted by Gasteiger charge is 2.28. The van der Waals surface area contributed by atoms with Crippen LogP contribution in [0.15, 0.2) is 4.99 Å². The summed E-state index contributed by atoms with van der Waals surface area (Å²) in [5, 5.41) is 65.0. The summed E-state index contributed by atoms with van der Waals surface area (Å²) in [4.78, 5) is 174. The number of nitrogens with one attached hydrogen (secondary N) is 13. The van der Waals surface area contributed by atoms with E-state index in [1.807, 2.05) is 5.32 Å². The number of rotatable bonds is 34. The van der Waals surface area contributed by atoms with Gasteiger partial charge >= 0.3 is 5.97 Å². The maximum Gasteiger partial charge on any atom is 0.328 e. The smallest absolute Gasteiger partial charge is 0.328 e. The zero-order valence-electron chi connectivity index (χ0n) is 38.2. The molecule has 0 rings (SSSR count). The molecule has 0 aliphatic rings. The summed E-state index contributed by atoms with van der Waals surface area (Å²) in [5.41, 5.74) is 15.7. The van der Waals surface area contributed by atoms with Crippen molar-refractivity contribution in [3.63, 3.8) is 0 Å². The molecule has 0 spiro atoms. The van der Waals surface area contributed by atoms with Crippen LogP contribution in [0.1, 0.15) is 19.8 Å². The van der Waals surface area contributed by atoms with Crippen LogP contribution in [0, 0.1) is 0 Å². The third-order valence-electron chi connectivity index (χ3n) is 8.52. The molecule has 5 atom stereocenters. The number of guanidine groups is 1. The molecule has 35 nitrogen and oxygen atoms in total. The summed E-state index contributed by atoms with van der Waals surface area (Å²) in [6.07, 6.45) is -0.0286. The first kappa shape index (κ1) is 62.7. The number of aliphatic hydroxyl groups is 3. The topological polar surface area (TPSA) is 567 Å². The fourth-order valence-corrected chi connectivity index (χ4v) is 4.80. The van der Waals surface area contributed by atoms with Gasteiger partial charge in [-0.2, -0.15) is 0 Å². The van der Waals surface area contributed by atoms with Gasteiger partial charge in [0.2, 0.25) is 76.8 Å². The Bertz CT molecular complexity index is 1950. The zero-order chi connectivity index (χ0) is 54.1. The molecular formula is C36H61N17O18. The van der Waals surface area contributed by atoms with Crippen molar-refractivity contribution in [2.45, 2.75) is 50.0 Å². The summed E-state index contributed by atoms with van der Waals surface area (Å²) < 4.78 is 0. The van der Waals surface area contributed by atoms with Gasteiger partial charge in [0.15, 0.2) is 5.96 Å². The monoisotopic (exact) mass is 1020 g/mol. The third kappa shape index (κ3) is 29.2. The third-order valence-corrected chi connectivity index (χ3v) is 8.52. The molecule has 0 aliphatic carbocycles. The van der Waals surface area contributed by atoms with E-state index in [1.165, 1.54) is 6.92 Å². The maximum atomic E-state index is 13.2. The molecule has 0 bridgehead atoms. The summed E-state index contributed by atoms with van der Waals surface area (Å²) in [6, 6.07) is -7.69. The first-order chi connectivity index (χ1) is 33.5. The molecule has 398 valence electrons. The van der Waals surface area contributed by atoms with Crippen LogP contribution in [-0.2, 0) is 67.1 Å². The molecule has 0 fully saturated rings. The van der Waals surface area contributed by atoms with Gasteiger partial charge in [0, 0.05) is 6.54 Å². The Hall–Kier alpha value is -8.31. The number of aliphatic imine (C=N–C) groups is 1. The number of hydrogen-bond acceptors (Lipinski definition) is 19. The lowest BCUT2D eigenvalue weighted by atomic mass is 10.1. The second-order valence-corrected chi connectivity index (χ2v) is 14.3. The molecule has 13 amide bonds. The van der Waals surface area contributed by atoms with Crippen LogP contribution >= 0.6 is 0 Å². The van der Waals surface area contributed by atoms with Gasteiger partial charge in [-0.1, -0.05) is 0 Å². The van der Waals surface area contributed by atoms with Gasteiger partial charge in [0.25, 0.3) is 0 Å². The van der Waals surface area contributed by atoms with E-state index in [9.17, 15) is 77.3 Å². The Balaban J connectivity index is 5.08. The summed E-state index contributed by atoms with van der Waals surface area (Å²) in [7, 11) is 0. The van der Waals surface area contributed by atoms with Crippen molar-refractivity contribution in [3.8, 4) is 0 Å². The van der Waals surface area contributed by atoms with Crippen LogP contribution in [-0.4, -0.2) is 225 Å². The Kier molecular flexibility index (Phi) is 30.8. The van der Waals surface area contributed by atoms with Crippen molar-refractivity contribution < 1.29 is 87.5 Å². The molecule has 71 heavy (non-hydrogen) atoms. The number of aliphatic carboxylic acids is 1. The van der Waals surface area contributed by atoms with Gasteiger partial charge in [0.05, 0.1) is 78.7 Å². The van der Waals surface area contributed by atoms with E-state index in [0.717, 1.165) is 0 Å². The number of nitrogens with two attached hydrogens (primary N) is 3. The number of carboxylic acid groups (broad SMARTS) is 1. The molecule has 0 saturated heterocycles. The molecule has 23 N–H and O–H groups in total. The molecule has 0 aromatic carbocycles. The minimum absolute atomic E-state index is 0.00286. The van der Waals surface area contributed by atoms with Crippen molar-refractivity contribution in [2.24, 2.45) is 22.2 Å². The fraction of sp³-hybridized carbons (Fsp3) is 0.583. The van der Waals surface area contributed by atoms with Gasteiger partial charge in [-0.3, -0.25) is 67.3 Å². The normalized spacial score (nSPS) is 12.4. The lowest BCUT2D eigenvalue weighted by Gasteiger charge is -2.23. The Labute approximate surface area is 402 Å². The van der Waals surface area contributed by atoms with Gasteiger partial charge in [-0.25, -0.2) is 4.79 Å². The standard InChI is InChI=1S/C36H61N17O18/c1-17(31(66)53-20(15-55)33(68)48-9-26(61)43-8-25(60)45-13-30(65)52-21(16-56)35(70)71)49-34(69)18(3-2-4-40-36(38)39)50-28(63)11-46-27(62)10-47-32(67)19(14-54)51-29(64)12-44-24(59)7-42-23(58)6-41-22(57)5-37/h17-21,54-56H,2-16,37H2,1H3,(H,41,57)(H,42,58)(H,43,61)(H,44,59)(H,45,60)(H,46,62)(H,47,67)(H,48,68)(H,49,69)(H,50,63)(H,51,64)(H,52,65)(H,53,66)(H,70,71)(H4,38,39,40)/t17-,18-,19-,20-,21-/m0/s1. The van der Waals surface area contributed by atoms with Crippen LogP contribution < -0.4 is 86.3 Å². The van der Waals surface area contributed by atoms with E-state index < -0.39 is 185 Å². The van der Waals surface area contributed by atoms with Crippen LogP contribution in [0.5, 0.6) is 0 Å². The molecule has 0 aromatic rings. The predicted octanol–water partition coefficient (Wildman–Crippen LogP) is -14.6. The van der Waals surface area contributed by atoms with Crippen LogP contribution in [0.3, 0.4) is 0 Å². The number of hydrogen-bond donors (Lipinski definition) is 20. The van der Waals surface area contributed by atoms with Gasteiger partial charge < -0.3 is 107 Å². The highest BCUT2D eigenvalue weighted by atomic mass is 16.4. The molecule has 0 radical (unpaired) electrons. The zero-order valence-corrected chi connectivity index (χ0v) is 38.2. The Morgan fingerprint density at radius 2 is 0.761 bits per heavy atom. The first-order valence-electron chi connectivity index (χ1n) is 20.9. The molecular weight excluding hydrogens is 958 g/mol. The van der Waals surface area contributed by atoms with Gasteiger partial charge in [0.1, 0.15) is 30.2 Å². The van der Waals surface area contributed by atoms with Crippen LogP contribution in [0.4, 0.5) is 0 Å². The van der Waals surface area contributed by atoms with E-state index in [1.54, 1.807) is 0 Å². The molecule has 0 unspecified atom stereocenters. The molecule has 0 aromatic heterocycles. The minimum Gasteiger partial charge on any atom is -0.480 e. The maximum absolute atomic E-state index is 13.2. The number of carbonyl (C=O) groups excluding carboxylic acids is 13. The minimum atomic E-state index is -1.67. The summed E-state index contributed by atoms with van der Waals surface area (Å²) in [6.45, 7) is -7.43. The average molecular weight is 1020 g/mol. The first-order valence-corrected chi connectivity index (χ1v) is 20.9. The van der Waals surface area contributed by atoms with E-state index in [4.69, 9.17) is 27.4 Å². The van der Waals surface area contributed by atoms with Crippen molar-refractivity contribution in [1.82, 2.24) is 69.1 Å². The number of amides is 13. The Morgan fingerprint density at radius 1 is 0.423 bits per heavy atom. The van der Waals surface area contributed by atoms with Crippen LogP contribution in [0.2, 0.25) is 0 Å². The Morgan fingerprint density at radius 3 is 1.13 bits per heavy atom. The summed E-state index contributed by atoms with van der Waals surface area (Å²) >= 11 is 0. The number of carboxylic acids is 1. The number of carbonyl (C=O) groups is 14. The fourth-order valence-electron chi connectivity index (χ4n) is 4.80. The SMILES string of the molecule is C[C@H](NC(=O)[C@H](CCCN=C(N)N)NC(=O)CNC(=O)CNC(=O)[C@H](CO)NC(=O)CNC(=O)CNC(=O)CNC(=O)CN)C(=O)N[C@@H](CO)C(=O)NCC(=O)NCC(=O)NCC(=O)N[C@@H](CO)C(=O)O. The number of aliphatic hydroxyl groups excluding tert-OH is 3. The van der Waals surface area contributed by atoms with E-state index in [2.05, 4.69) is 68.8 Å². The molecule has 0 aliphatic heterocycles. The van der Waals surface area contributed by atoms with Gasteiger partial charge in [-0.05, 0) is 19.8 Å². The average Bonchev–Trinajstić information content (AvgIpc) is 3.33. The molecule has 0 saturated carbocycles. The van der Waals surface area contributed by atoms with Crippen LogP contribution in [0.25, 0.3) is 0 Å². The lowest BCUT2D eigenvalue weighted by molar-refractivity contribution is -0.143. The van der Waals surface area contributed by atoms with Crippen molar-refractivity contribution in [2.75, 3.05) is 85.3 Å². The number of nitrogens with zero attached hydrogens (tertiary/aromatic N) is 1. The second kappa shape index (κ2) is 34.9. The largest absolute Gasteiger partial charge is 0.480 e. The lowest BCUT2D eigenvalue weighted by Crippen LogP contribution is -2.57. The second-order valence-electron chi connectivity index (χ2n) is 14.3. The van der Waals surface area contributed by atoms with Crippen molar-refractivity contribution >= 4 is 88.7 Å². The van der Waals surface area contributed by atoms with E-state index in [-0.39, 0.29) is 31.9 Å². The van der Waals surface area contributed by atoms with E-state index in [0.29, 0.717) is 0 Å². The predicted molar refractivity (Wildman–Crippen MR) is 237 cm³/mol. The molecule has 0 heterocycles. The quantitative estimate of drug-likeness (QED) is 0.0162. The van der Waals surface area contributed by atoms with Crippen molar-refractivity contribution in [3.05, 3.63) is 0 Å². The highest BCUT2D eigenvalue weighted by molar-refractivity contribution is 5.97. The van der Waals surface area contributed by atoms with Crippen molar-refractivity contribution in [1.29, 1.82) is 0 Å².